The van der Waals surface area contributed by atoms with Gasteiger partial charge < -0.3 is 26.4 Å². The summed E-state index contributed by atoms with van der Waals surface area (Å²) in [6.07, 6.45) is 6.24. The van der Waals surface area contributed by atoms with E-state index in [2.05, 4.69) is 15.0 Å². The van der Waals surface area contributed by atoms with Crippen molar-refractivity contribution in [2.45, 2.75) is 32.2 Å². The zero-order chi connectivity index (χ0) is 24.1. The van der Waals surface area contributed by atoms with Crippen molar-refractivity contribution in [3.8, 4) is 0 Å². The van der Waals surface area contributed by atoms with E-state index in [0.29, 0.717) is 24.7 Å². The number of anilines is 2. The maximum Gasteiger partial charge on any atom is 0.225 e. The van der Waals surface area contributed by atoms with Gasteiger partial charge in [0.25, 0.3) is 0 Å². The summed E-state index contributed by atoms with van der Waals surface area (Å²) in [4.78, 5) is 26.6. The maximum atomic E-state index is 13.2. The second kappa shape index (κ2) is 10.7. The number of carbonyl (C=O) groups excluding carboxylic acids is 1. The van der Waals surface area contributed by atoms with Crippen molar-refractivity contribution in [1.29, 1.82) is 0 Å². The summed E-state index contributed by atoms with van der Waals surface area (Å²) < 4.78 is 0.768. The van der Waals surface area contributed by atoms with Gasteiger partial charge in [-0.25, -0.2) is 4.98 Å². The second-order valence-corrected chi connectivity index (χ2v) is 9.09. The lowest BCUT2D eigenvalue weighted by Crippen LogP contribution is -2.46. The SMILES string of the molecule is CO/N=C(/c1ccc[n+]([O-])c1)C1CCN(C(=O)C2CCN(Cc3cc(N)nc(N)c3)CC2)CC1. The van der Waals surface area contributed by atoms with E-state index in [-0.39, 0.29) is 17.7 Å². The van der Waals surface area contributed by atoms with Crippen molar-refractivity contribution in [3.63, 3.8) is 0 Å². The fourth-order valence-corrected chi connectivity index (χ4v) is 5.02. The van der Waals surface area contributed by atoms with Gasteiger partial charge in [0.2, 0.25) is 5.91 Å². The standard InChI is InChI=1S/C24H33N7O3/c1-34-28-23(20-3-2-8-31(33)16-20)18-6-11-30(12-7-18)24(32)19-4-9-29(10-5-19)15-17-13-21(25)27-22(26)14-17/h2-3,8,13-14,16,18-19H,4-7,9-12,15H2,1H3,(H4,25,26,27)/b28-23+. The summed E-state index contributed by atoms with van der Waals surface area (Å²) >= 11 is 0. The van der Waals surface area contributed by atoms with Crippen LogP contribution < -0.4 is 16.2 Å². The zero-order valence-electron chi connectivity index (χ0n) is 19.6. The Kier molecular flexibility index (Phi) is 7.46. The molecule has 2 saturated heterocycles. The summed E-state index contributed by atoms with van der Waals surface area (Å²) in [5, 5.41) is 15.9. The van der Waals surface area contributed by atoms with Gasteiger partial charge in [0, 0.05) is 37.5 Å². The van der Waals surface area contributed by atoms with Crippen LogP contribution in [0.4, 0.5) is 11.6 Å². The summed E-state index contributed by atoms with van der Waals surface area (Å²) in [6, 6.07) is 7.28. The number of oxime groups is 1. The lowest BCUT2D eigenvalue weighted by molar-refractivity contribution is -0.605. The minimum Gasteiger partial charge on any atom is -0.619 e. The van der Waals surface area contributed by atoms with Crippen LogP contribution in [0.25, 0.3) is 0 Å². The first-order valence-corrected chi connectivity index (χ1v) is 11.8. The number of hydrogen-bond donors (Lipinski definition) is 2. The third-order valence-electron chi connectivity index (χ3n) is 6.72. The van der Waals surface area contributed by atoms with E-state index in [1.54, 1.807) is 6.07 Å². The highest BCUT2D eigenvalue weighted by atomic mass is 16.6. The largest absolute Gasteiger partial charge is 0.619 e. The molecule has 0 aromatic carbocycles. The third-order valence-corrected chi connectivity index (χ3v) is 6.72. The van der Waals surface area contributed by atoms with Gasteiger partial charge in [-0.05, 0) is 62.5 Å². The molecule has 0 spiro atoms. The van der Waals surface area contributed by atoms with Gasteiger partial charge in [-0.1, -0.05) is 5.16 Å². The lowest BCUT2D eigenvalue weighted by Gasteiger charge is -2.37. The van der Waals surface area contributed by atoms with Crippen LogP contribution in [-0.4, -0.2) is 59.7 Å². The Hall–Kier alpha value is -3.40. The number of nitrogen functional groups attached to an aromatic ring is 2. The molecule has 0 atom stereocenters. The van der Waals surface area contributed by atoms with Crippen LogP contribution in [-0.2, 0) is 16.2 Å². The van der Waals surface area contributed by atoms with Gasteiger partial charge in [-0.3, -0.25) is 9.69 Å². The molecule has 0 radical (unpaired) electrons. The summed E-state index contributed by atoms with van der Waals surface area (Å²) in [6.45, 7) is 3.86. The van der Waals surface area contributed by atoms with Crippen molar-refractivity contribution in [1.82, 2.24) is 14.8 Å². The molecular formula is C24H33N7O3. The number of nitrogens with two attached hydrogens (primary N) is 2. The summed E-state index contributed by atoms with van der Waals surface area (Å²) in [5.41, 5.74) is 14.2. The highest BCUT2D eigenvalue weighted by molar-refractivity contribution is 6.01. The van der Waals surface area contributed by atoms with Gasteiger partial charge in [-0.15, -0.1) is 0 Å². The van der Waals surface area contributed by atoms with Crippen LogP contribution in [0.5, 0.6) is 0 Å². The van der Waals surface area contributed by atoms with Crippen molar-refractivity contribution in [2.75, 3.05) is 44.8 Å². The first-order valence-electron chi connectivity index (χ1n) is 11.8. The Morgan fingerprint density at radius 2 is 1.79 bits per heavy atom. The number of nitrogens with zero attached hydrogens (tertiary/aromatic N) is 5. The molecule has 2 aliphatic heterocycles. The number of carbonyl (C=O) groups is 1. The number of aromatic nitrogens is 2. The Bertz CT molecular complexity index is 1010. The van der Waals surface area contributed by atoms with E-state index in [1.807, 2.05) is 23.1 Å². The molecule has 0 bridgehead atoms. The average Bonchev–Trinajstić information content (AvgIpc) is 2.82. The van der Waals surface area contributed by atoms with E-state index in [4.69, 9.17) is 16.3 Å². The predicted molar refractivity (Wildman–Crippen MR) is 129 cm³/mol. The van der Waals surface area contributed by atoms with Gasteiger partial charge >= 0.3 is 0 Å². The highest BCUT2D eigenvalue weighted by Gasteiger charge is 2.33. The summed E-state index contributed by atoms with van der Waals surface area (Å²) in [7, 11) is 1.51. The second-order valence-electron chi connectivity index (χ2n) is 9.09. The highest BCUT2D eigenvalue weighted by Crippen LogP contribution is 2.27. The zero-order valence-corrected chi connectivity index (χ0v) is 19.6. The van der Waals surface area contributed by atoms with Crippen molar-refractivity contribution >= 4 is 23.3 Å². The first-order chi connectivity index (χ1) is 16.4. The molecule has 2 aliphatic rings. The Balaban J connectivity index is 1.28. The first kappa shape index (κ1) is 23.7. The Morgan fingerprint density at radius 1 is 1.15 bits per heavy atom. The number of likely N-dealkylation sites (tertiary alicyclic amines) is 2. The molecule has 4 N–H and O–H groups in total. The molecular weight excluding hydrogens is 434 g/mol. The molecule has 182 valence electrons. The van der Waals surface area contributed by atoms with Crippen molar-refractivity contribution < 1.29 is 14.4 Å². The maximum absolute atomic E-state index is 13.2. The molecule has 10 heteroatoms. The quantitative estimate of drug-likeness (QED) is 0.283. The molecule has 4 heterocycles. The number of amides is 1. The number of piperidine rings is 2. The minimum absolute atomic E-state index is 0.0565. The molecule has 4 rings (SSSR count). The molecule has 0 saturated carbocycles. The minimum atomic E-state index is 0.0565. The van der Waals surface area contributed by atoms with Crippen LogP contribution >= 0.6 is 0 Å². The van der Waals surface area contributed by atoms with E-state index < -0.39 is 0 Å². The van der Waals surface area contributed by atoms with Crippen LogP contribution in [0.2, 0.25) is 0 Å². The summed E-state index contributed by atoms with van der Waals surface area (Å²) in [5.74, 6) is 1.32. The normalized spacial score (nSPS) is 18.7. The molecule has 0 unspecified atom stereocenters. The number of pyridine rings is 2. The topological polar surface area (TPSA) is 137 Å². The molecule has 34 heavy (non-hydrogen) atoms. The van der Waals surface area contributed by atoms with Gasteiger partial charge in [0.15, 0.2) is 12.4 Å². The monoisotopic (exact) mass is 467 g/mol. The fourth-order valence-electron chi connectivity index (χ4n) is 5.02. The van der Waals surface area contributed by atoms with E-state index in [0.717, 1.165) is 66.9 Å². The van der Waals surface area contributed by atoms with E-state index in [9.17, 15) is 10.0 Å². The third kappa shape index (κ3) is 5.74. The van der Waals surface area contributed by atoms with Crippen molar-refractivity contribution in [3.05, 3.63) is 53.0 Å². The lowest BCUT2D eigenvalue weighted by atomic mass is 9.87. The van der Waals surface area contributed by atoms with E-state index in [1.165, 1.54) is 19.5 Å². The molecule has 1 amide bonds. The van der Waals surface area contributed by atoms with Crippen LogP contribution in [0.3, 0.4) is 0 Å². The number of hydrogen-bond acceptors (Lipinski definition) is 8. The molecule has 10 nitrogen and oxygen atoms in total. The van der Waals surface area contributed by atoms with Crippen molar-refractivity contribution in [2.24, 2.45) is 17.0 Å². The van der Waals surface area contributed by atoms with Crippen LogP contribution in [0, 0.1) is 17.0 Å². The Morgan fingerprint density at radius 3 is 2.41 bits per heavy atom. The van der Waals surface area contributed by atoms with Gasteiger partial charge in [0.1, 0.15) is 18.7 Å². The van der Waals surface area contributed by atoms with Gasteiger partial charge in [0.05, 0.1) is 11.3 Å². The molecule has 2 aromatic rings. The molecule has 2 fully saturated rings. The average molecular weight is 468 g/mol. The molecule has 0 aliphatic carbocycles. The Labute approximate surface area is 199 Å². The molecule has 2 aromatic heterocycles. The smallest absolute Gasteiger partial charge is 0.225 e. The van der Waals surface area contributed by atoms with Crippen LogP contribution in [0.1, 0.15) is 36.8 Å². The predicted octanol–water partition coefficient (Wildman–Crippen LogP) is 1.38. The van der Waals surface area contributed by atoms with Gasteiger partial charge in [-0.2, -0.15) is 4.73 Å². The fraction of sp³-hybridized carbons (Fsp3) is 0.500. The van der Waals surface area contributed by atoms with E-state index >= 15 is 0 Å². The van der Waals surface area contributed by atoms with Crippen LogP contribution in [0.15, 0.2) is 41.8 Å². The number of rotatable bonds is 6.